The topological polar surface area (TPSA) is 69.6 Å². The van der Waals surface area contributed by atoms with Crippen LogP contribution >= 0.6 is 39.1 Å². The zero-order valence-electron chi connectivity index (χ0n) is 11.5. The van der Waals surface area contributed by atoms with Gasteiger partial charge in [-0.15, -0.1) is 0 Å². The summed E-state index contributed by atoms with van der Waals surface area (Å²) in [6, 6.07) is 2.86. The lowest BCUT2D eigenvalue weighted by Crippen LogP contribution is -2.39. The number of carboxylic acids is 1. The number of halogens is 3. The number of anilines is 1. The molecule has 0 heterocycles. The van der Waals surface area contributed by atoms with Gasteiger partial charge in [-0.25, -0.2) is 4.79 Å². The van der Waals surface area contributed by atoms with Gasteiger partial charge in [-0.2, -0.15) is 0 Å². The van der Waals surface area contributed by atoms with Crippen molar-refractivity contribution in [3.05, 3.63) is 26.7 Å². The van der Waals surface area contributed by atoms with Crippen molar-refractivity contribution in [3.8, 4) is 0 Å². The van der Waals surface area contributed by atoms with Crippen LogP contribution in [0.2, 0.25) is 10.0 Å². The summed E-state index contributed by atoms with van der Waals surface area (Å²) >= 11 is 15.3. The van der Waals surface area contributed by atoms with Crippen LogP contribution in [0.3, 0.4) is 0 Å². The number of benzene rings is 1. The van der Waals surface area contributed by atoms with Crippen LogP contribution in [-0.2, 0) is 4.79 Å². The number of urea groups is 1. The molecule has 21 heavy (non-hydrogen) atoms. The Bertz CT molecular complexity index is 554. The third-order valence-electron chi connectivity index (χ3n) is 2.86. The molecule has 1 aromatic rings. The number of aliphatic carboxylic acids is 1. The first-order chi connectivity index (χ1) is 9.77. The summed E-state index contributed by atoms with van der Waals surface area (Å²) in [7, 11) is 0. The Morgan fingerprint density at radius 1 is 1.38 bits per heavy atom. The van der Waals surface area contributed by atoms with Crippen LogP contribution in [0.25, 0.3) is 0 Å². The van der Waals surface area contributed by atoms with E-state index < -0.39 is 17.9 Å². The van der Waals surface area contributed by atoms with Gasteiger partial charge in [0.05, 0.1) is 21.7 Å². The Hall–Kier alpha value is -0.980. The highest BCUT2D eigenvalue weighted by molar-refractivity contribution is 9.10. The summed E-state index contributed by atoms with van der Waals surface area (Å²) < 4.78 is 0.624. The van der Waals surface area contributed by atoms with Crippen LogP contribution in [0.1, 0.15) is 13.8 Å². The Morgan fingerprint density at radius 2 is 2.00 bits per heavy atom. The first-order valence-corrected chi connectivity index (χ1v) is 7.75. The fourth-order valence-electron chi connectivity index (χ4n) is 1.58. The number of carbonyl (C=O) groups excluding carboxylic acids is 1. The zero-order valence-corrected chi connectivity index (χ0v) is 14.6. The van der Waals surface area contributed by atoms with Gasteiger partial charge in [0.2, 0.25) is 0 Å². The predicted octanol–water partition coefficient (Wildman–Crippen LogP) is 4.33. The van der Waals surface area contributed by atoms with Crippen molar-refractivity contribution in [2.45, 2.75) is 13.8 Å². The van der Waals surface area contributed by atoms with Crippen LogP contribution in [0.4, 0.5) is 10.5 Å². The predicted molar refractivity (Wildman–Crippen MR) is 87.2 cm³/mol. The maximum absolute atomic E-state index is 12.2. The maximum Gasteiger partial charge on any atom is 0.321 e. The first-order valence-electron chi connectivity index (χ1n) is 6.20. The van der Waals surface area contributed by atoms with Crippen molar-refractivity contribution in [3.63, 3.8) is 0 Å². The molecule has 2 N–H and O–H groups in total. The molecule has 8 heteroatoms. The highest BCUT2D eigenvalue weighted by atomic mass is 79.9. The molecule has 0 saturated heterocycles. The van der Waals surface area contributed by atoms with Crippen LogP contribution in [0.5, 0.6) is 0 Å². The third-order valence-corrected chi connectivity index (χ3v) is 4.63. The third kappa shape index (κ3) is 4.76. The maximum atomic E-state index is 12.2. The number of hydrogen-bond donors (Lipinski definition) is 2. The van der Waals surface area contributed by atoms with E-state index in [2.05, 4.69) is 21.2 Å². The van der Waals surface area contributed by atoms with E-state index in [1.165, 1.54) is 4.90 Å². The molecule has 1 atom stereocenters. The van der Waals surface area contributed by atoms with Crippen molar-refractivity contribution < 1.29 is 14.7 Å². The molecule has 2 amide bonds. The van der Waals surface area contributed by atoms with Crippen molar-refractivity contribution in [2.24, 2.45) is 5.92 Å². The van der Waals surface area contributed by atoms with E-state index in [1.54, 1.807) is 26.0 Å². The molecular formula is C13H15BrCl2N2O3. The summed E-state index contributed by atoms with van der Waals surface area (Å²) in [4.78, 5) is 24.4. The van der Waals surface area contributed by atoms with Crippen molar-refractivity contribution in [2.75, 3.05) is 18.4 Å². The number of amides is 2. The van der Waals surface area contributed by atoms with Crippen molar-refractivity contribution in [1.29, 1.82) is 0 Å². The molecule has 1 rings (SSSR count). The fourth-order valence-corrected chi connectivity index (χ4v) is 2.40. The molecule has 0 bridgehead atoms. The van der Waals surface area contributed by atoms with Gasteiger partial charge in [-0.3, -0.25) is 4.79 Å². The quantitative estimate of drug-likeness (QED) is 0.726. The van der Waals surface area contributed by atoms with Crippen LogP contribution in [-0.4, -0.2) is 35.1 Å². The number of nitrogens with zero attached hydrogens (tertiary/aromatic N) is 1. The molecule has 0 radical (unpaired) electrons. The molecule has 0 aliphatic heterocycles. The molecule has 5 nitrogen and oxygen atoms in total. The van der Waals surface area contributed by atoms with E-state index in [0.29, 0.717) is 21.7 Å². The van der Waals surface area contributed by atoms with Crippen molar-refractivity contribution in [1.82, 2.24) is 4.90 Å². The average molecular weight is 398 g/mol. The minimum atomic E-state index is -0.953. The van der Waals surface area contributed by atoms with E-state index in [9.17, 15) is 9.59 Å². The second-order valence-electron chi connectivity index (χ2n) is 4.43. The first kappa shape index (κ1) is 18.1. The average Bonchev–Trinajstić information content (AvgIpc) is 2.44. The Morgan fingerprint density at radius 3 is 2.52 bits per heavy atom. The minimum absolute atomic E-state index is 0.111. The smallest absolute Gasteiger partial charge is 0.321 e. The highest BCUT2D eigenvalue weighted by Crippen LogP contribution is 2.35. The second kappa shape index (κ2) is 7.87. The van der Waals surface area contributed by atoms with E-state index in [4.69, 9.17) is 28.3 Å². The molecule has 0 spiro atoms. The molecule has 1 aromatic carbocycles. The van der Waals surface area contributed by atoms with Gasteiger partial charge in [-0.05, 0) is 35.0 Å². The molecule has 0 aromatic heterocycles. The number of nitrogens with one attached hydrogen (secondary N) is 1. The summed E-state index contributed by atoms with van der Waals surface area (Å²) in [6.45, 7) is 3.80. The van der Waals surface area contributed by atoms with Crippen LogP contribution < -0.4 is 5.32 Å². The number of hydrogen-bond acceptors (Lipinski definition) is 2. The Balaban J connectivity index is 2.84. The molecule has 116 valence electrons. The SMILES string of the molecule is CCN(CC(C)C(=O)O)C(=O)Nc1ccc(Br)c(Cl)c1Cl. The molecule has 0 aliphatic rings. The van der Waals surface area contributed by atoms with Gasteiger partial charge in [-0.1, -0.05) is 30.1 Å². The lowest BCUT2D eigenvalue weighted by atomic mass is 10.2. The van der Waals surface area contributed by atoms with Gasteiger partial charge in [0, 0.05) is 17.6 Å². The molecule has 0 saturated carbocycles. The van der Waals surface area contributed by atoms with E-state index in [1.807, 2.05) is 0 Å². The minimum Gasteiger partial charge on any atom is -0.481 e. The molecule has 0 aliphatic carbocycles. The summed E-state index contributed by atoms with van der Waals surface area (Å²) in [5, 5.41) is 12.1. The summed E-state index contributed by atoms with van der Waals surface area (Å²) in [5.41, 5.74) is 0.372. The van der Waals surface area contributed by atoms with E-state index >= 15 is 0 Å². The molecule has 1 unspecified atom stereocenters. The van der Waals surface area contributed by atoms with Gasteiger partial charge in [0.1, 0.15) is 0 Å². The van der Waals surface area contributed by atoms with Gasteiger partial charge in [0.25, 0.3) is 0 Å². The van der Waals surface area contributed by atoms with Crippen LogP contribution in [0, 0.1) is 5.92 Å². The monoisotopic (exact) mass is 396 g/mol. The highest BCUT2D eigenvalue weighted by Gasteiger charge is 2.20. The normalized spacial score (nSPS) is 11.9. The van der Waals surface area contributed by atoms with Crippen molar-refractivity contribution >= 4 is 56.8 Å². The van der Waals surface area contributed by atoms with E-state index in [-0.39, 0.29) is 11.6 Å². The lowest BCUT2D eigenvalue weighted by Gasteiger charge is -2.23. The number of carboxylic acid groups (broad SMARTS) is 1. The summed E-state index contributed by atoms with van der Waals surface area (Å²) in [6.07, 6.45) is 0. The zero-order chi connectivity index (χ0) is 16.2. The molecular weight excluding hydrogens is 383 g/mol. The number of rotatable bonds is 5. The summed E-state index contributed by atoms with van der Waals surface area (Å²) in [5.74, 6) is -1.61. The van der Waals surface area contributed by atoms with Gasteiger partial charge >= 0.3 is 12.0 Å². The second-order valence-corrected chi connectivity index (χ2v) is 6.04. The van der Waals surface area contributed by atoms with E-state index in [0.717, 1.165) is 0 Å². The largest absolute Gasteiger partial charge is 0.481 e. The van der Waals surface area contributed by atoms with Gasteiger partial charge < -0.3 is 15.3 Å². The van der Waals surface area contributed by atoms with Crippen LogP contribution in [0.15, 0.2) is 16.6 Å². The Kier molecular flexibility index (Phi) is 6.77. The fraction of sp³-hybridized carbons (Fsp3) is 0.385. The van der Waals surface area contributed by atoms with Gasteiger partial charge in [0.15, 0.2) is 0 Å². The standard InChI is InChI=1S/C13H15BrCl2N2O3/c1-3-18(6-7(2)12(19)20)13(21)17-9-5-4-8(14)10(15)11(9)16/h4-5,7H,3,6H2,1-2H3,(H,17,21)(H,19,20). The number of carbonyl (C=O) groups is 2. The Labute approximate surface area is 141 Å². The molecule has 0 fully saturated rings. The lowest BCUT2D eigenvalue weighted by molar-refractivity contribution is -0.141.